The molecule has 0 saturated heterocycles. The van der Waals surface area contributed by atoms with Gasteiger partial charge < -0.3 is 10.1 Å². The molecule has 0 heterocycles. The topological polar surface area (TPSA) is 38.3 Å². The second-order valence-electron chi connectivity index (χ2n) is 3.79. The lowest BCUT2D eigenvalue weighted by atomic mass is 10.0. The van der Waals surface area contributed by atoms with Crippen molar-refractivity contribution >= 4 is 5.97 Å². The van der Waals surface area contributed by atoms with E-state index in [0.29, 0.717) is 18.7 Å². The number of carbonyl (C=O) groups excluding carboxylic acids is 1. The minimum atomic E-state index is -0.917. The third-order valence-corrected chi connectivity index (χ3v) is 2.47. The third-order valence-electron chi connectivity index (χ3n) is 2.47. The molecule has 100 valence electrons. The van der Waals surface area contributed by atoms with Crippen molar-refractivity contribution in [3.8, 4) is 0 Å². The van der Waals surface area contributed by atoms with Crippen molar-refractivity contribution in [1.82, 2.24) is 5.32 Å². The van der Waals surface area contributed by atoms with Gasteiger partial charge in [-0.05, 0) is 31.2 Å². The Labute approximate surface area is 105 Å². The lowest BCUT2D eigenvalue weighted by Crippen LogP contribution is -2.24. The van der Waals surface area contributed by atoms with Crippen molar-refractivity contribution in [2.45, 2.75) is 26.3 Å². The van der Waals surface area contributed by atoms with E-state index in [1.54, 1.807) is 6.92 Å². The molecule has 1 aromatic rings. The SMILES string of the molecule is CCNC(CC(=O)OCC)c1ccc(F)c(F)c1. The average Bonchev–Trinajstić information content (AvgIpc) is 2.32. The maximum Gasteiger partial charge on any atom is 0.307 e. The van der Waals surface area contributed by atoms with Crippen LogP contribution in [0, 0.1) is 11.6 Å². The molecule has 0 amide bonds. The predicted molar refractivity (Wildman–Crippen MR) is 64.0 cm³/mol. The Kier molecular flexibility index (Phi) is 5.71. The van der Waals surface area contributed by atoms with E-state index >= 15 is 0 Å². The van der Waals surface area contributed by atoms with Gasteiger partial charge in [0, 0.05) is 6.04 Å². The van der Waals surface area contributed by atoms with Crippen LogP contribution in [-0.4, -0.2) is 19.1 Å². The molecule has 5 heteroatoms. The molecule has 0 bridgehead atoms. The summed E-state index contributed by atoms with van der Waals surface area (Å²) in [7, 11) is 0. The summed E-state index contributed by atoms with van der Waals surface area (Å²) >= 11 is 0. The molecule has 1 atom stereocenters. The molecule has 0 saturated carbocycles. The van der Waals surface area contributed by atoms with Crippen LogP contribution in [0.5, 0.6) is 0 Å². The zero-order valence-electron chi connectivity index (χ0n) is 10.5. The lowest BCUT2D eigenvalue weighted by molar-refractivity contribution is -0.143. The van der Waals surface area contributed by atoms with Crippen molar-refractivity contribution in [2.24, 2.45) is 0 Å². The molecule has 0 radical (unpaired) electrons. The Hall–Kier alpha value is -1.49. The molecule has 1 rings (SSSR count). The summed E-state index contributed by atoms with van der Waals surface area (Å²) in [6, 6.07) is 3.25. The Morgan fingerprint density at radius 3 is 2.61 bits per heavy atom. The summed E-state index contributed by atoms with van der Waals surface area (Å²) in [5, 5.41) is 3.04. The van der Waals surface area contributed by atoms with Crippen LogP contribution in [-0.2, 0) is 9.53 Å². The first-order valence-corrected chi connectivity index (χ1v) is 5.92. The molecule has 18 heavy (non-hydrogen) atoms. The fraction of sp³-hybridized carbons (Fsp3) is 0.462. The molecular weight excluding hydrogens is 240 g/mol. The van der Waals surface area contributed by atoms with Crippen LogP contribution in [0.1, 0.15) is 31.9 Å². The van der Waals surface area contributed by atoms with E-state index in [1.165, 1.54) is 6.07 Å². The van der Waals surface area contributed by atoms with Crippen LogP contribution in [0.25, 0.3) is 0 Å². The zero-order valence-corrected chi connectivity index (χ0v) is 10.5. The number of esters is 1. The van der Waals surface area contributed by atoms with Crippen LogP contribution in [0.4, 0.5) is 8.78 Å². The van der Waals surface area contributed by atoms with Gasteiger partial charge in [-0.15, -0.1) is 0 Å². The van der Waals surface area contributed by atoms with E-state index in [0.717, 1.165) is 12.1 Å². The third kappa shape index (κ3) is 4.07. The highest BCUT2D eigenvalue weighted by Gasteiger charge is 2.17. The second kappa shape index (κ2) is 7.06. The normalized spacial score (nSPS) is 12.2. The maximum atomic E-state index is 13.1. The van der Waals surface area contributed by atoms with Crippen molar-refractivity contribution in [2.75, 3.05) is 13.2 Å². The summed E-state index contributed by atoms with van der Waals surface area (Å²) in [5.74, 6) is -2.18. The minimum absolute atomic E-state index is 0.0900. The number of halogens is 2. The van der Waals surface area contributed by atoms with E-state index < -0.39 is 11.6 Å². The smallest absolute Gasteiger partial charge is 0.307 e. The van der Waals surface area contributed by atoms with Crippen LogP contribution < -0.4 is 5.32 Å². The highest BCUT2D eigenvalue weighted by molar-refractivity contribution is 5.70. The first-order chi connectivity index (χ1) is 8.58. The largest absolute Gasteiger partial charge is 0.466 e. The molecule has 0 aliphatic heterocycles. The van der Waals surface area contributed by atoms with Crippen molar-refractivity contribution in [3.63, 3.8) is 0 Å². The van der Waals surface area contributed by atoms with Gasteiger partial charge in [0.15, 0.2) is 11.6 Å². The average molecular weight is 257 g/mol. The lowest BCUT2D eigenvalue weighted by Gasteiger charge is -2.17. The van der Waals surface area contributed by atoms with E-state index in [9.17, 15) is 13.6 Å². The van der Waals surface area contributed by atoms with Gasteiger partial charge in [-0.25, -0.2) is 8.78 Å². The Morgan fingerprint density at radius 1 is 1.33 bits per heavy atom. The predicted octanol–water partition coefficient (Wildman–Crippen LogP) is 2.57. The Morgan fingerprint density at radius 2 is 2.06 bits per heavy atom. The van der Waals surface area contributed by atoms with Gasteiger partial charge in [-0.2, -0.15) is 0 Å². The summed E-state index contributed by atoms with van der Waals surface area (Å²) in [4.78, 5) is 11.4. The van der Waals surface area contributed by atoms with Crippen LogP contribution >= 0.6 is 0 Å². The highest BCUT2D eigenvalue weighted by Crippen LogP contribution is 2.19. The first kappa shape index (κ1) is 14.6. The molecule has 0 aromatic heterocycles. The van der Waals surface area contributed by atoms with Gasteiger partial charge in [0.1, 0.15) is 0 Å². The molecule has 0 aliphatic carbocycles. The van der Waals surface area contributed by atoms with E-state index in [4.69, 9.17) is 4.74 Å². The Balaban J connectivity index is 2.82. The minimum Gasteiger partial charge on any atom is -0.466 e. The molecule has 1 aromatic carbocycles. The number of hydrogen-bond acceptors (Lipinski definition) is 3. The number of ether oxygens (including phenoxy) is 1. The van der Waals surface area contributed by atoms with Gasteiger partial charge in [-0.3, -0.25) is 4.79 Å². The number of benzene rings is 1. The molecule has 0 spiro atoms. The molecule has 1 unspecified atom stereocenters. The fourth-order valence-electron chi connectivity index (χ4n) is 1.67. The summed E-state index contributed by atoms with van der Waals surface area (Å²) in [5.41, 5.74) is 0.531. The summed E-state index contributed by atoms with van der Waals surface area (Å²) in [6.07, 6.45) is 0.0900. The molecular formula is C13H17F2NO2. The van der Waals surface area contributed by atoms with Crippen molar-refractivity contribution < 1.29 is 18.3 Å². The molecule has 1 N–H and O–H groups in total. The van der Waals surface area contributed by atoms with Gasteiger partial charge in [0.2, 0.25) is 0 Å². The number of carbonyl (C=O) groups is 1. The highest BCUT2D eigenvalue weighted by atomic mass is 19.2. The van der Waals surface area contributed by atoms with Gasteiger partial charge in [0.05, 0.1) is 13.0 Å². The van der Waals surface area contributed by atoms with E-state index in [1.807, 2.05) is 6.92 Å². The van der Waals surface area contributed by atoms with E-state index in [2.05, 4.69) is 5.32 Å². The van der Waals surface area contributed by atoms with Crippen LogP contribution in [0.15, 0.2) is 18.2 Å². The number of nitrogens with one attached hydrogen (secondary N) is 1. The molecule has 0 fully saturated rings. The molecule has 3 nitrogen and oxygen atoms in total. The van der Waals surface area contributed by atoms with Gasteiger partial charge in [-0.1, -0.05) is 13.0 Å². The Bertz CT molecular complexity index is 410. The van der Waals surface area contributed by atoms with E-state index in [-0.39, 0.29) is 18.4 Å². The van der Waals surface area contributed by atoms with Gasteiger partial charge in [0.25, 0.3) is 0 Å². The number of rotatable bonds is 6. The zero-order chi connectivity index (χ0) is 13.5. The summed E-state index contributed by atoms with van der Waals surface area (Å²) < 4.78 is 30.8. The summed E-state index contributed by atoms with van der Waals surface area (Å²) in [6.45, 7) is 4.51. The first-order valence-electron chi connectivity index (χ1n) is 5.92. The second-order valence-corrected chi connectivity index (χ2v) is 3.79. The quantitative estimate of drug-likeness (QED) is 0.796. The fourth-order valence-corrected chi connectivity index (χ4v) is 1.67. The van der Waals surface area contributed by atoms with Crippen molar-refractivity contribution in [1.29, 1.82) is 0 Å². The molecule has 0 aliphatic rings. The monoisotopic (exact) mass is 257 g/mol. The number of hydrogen-bond donors (Lipinski definition) is 1. The van der Waals surface area contributed by atoms with Gasteiger partial charge >= 0.3 is 5.97 Å². The maximum absolute atomic E-state index is 13.1. The van der Waals surface area contributed by atoms with Crippen molar-refractivity contribution in [3.05, 3.63) is 35.4 Å². The standard InChI is InChI=1S/C13H17F2NO2/c1-3-16-12(8-13(17)18-4-2)9-5-6-10(14)11(15)7-9/h5-7,12,16H,3-4,8H2,1-2H3. The van der Waals surface area contributed by atoms with Crippen LogP contribution in [0.2, 0.25) is 0 Å². The van der Waals surface area contributed by atoms with Crippen LogP contribution in [0.3, 0.4) is 0 Å².